The number of thiophene rings is 1. The first-order chi connectivity index (χ1) is 21.8. The van der Waals surface area contributed by atoms with E-state index < -0.39 is 0 Å². The van der Waals surface area contributed by atoms with Crippen LogP contribution in [-0.2, 0) is 19.4 Å². The van der Waals surface area contributed by atoms with Crippen molar-refractivity contribution in [3.63, 3.8) is 0 Å². The summed E-state index contributed by atoms with van der Waals surface area (Å²) < 4.78 is 12.3. The fourth-order valence-electron chi connectivity index (χ4n) is 6.05. The summed E-state index contributed by atoms with van der Waals surface area (Å²) in [7, 11) is 0. The Labute approximate surface area is 269 Å². The van der Waals surface area contributed by atoms with Crippen LogP contribution in [0.15, 0.2) is 96.0 Å². The molecule has 1 atom stereocenters. The first-order valence-corrected chi connectivity index (χ1v) is 16.5. The lowest BCUT2D eigenvalue weighted by Crippen LogP contribution is -2.27. The number of fused-ring (bicyclic) bond motifs is 2. The van der Waals surface area contributed by atoms with Gasteiger partial charge < -0.3 is 14.8 Å². The number of nitrogens with zero attached hydrogens (tertiary/aromatic N) is 1. The number of rotatable bonds is 9. The van der Waals surface area contributed by atoms with Gasteiger partial charge in [0.1, 0.15) is 11.6 Å². The maximum atomic E-state index is 13.7. The molecule has 0 radical (unpaired) electrons. The summed E-state index contributed by atoms with van der Waals surface area (Å²) in [4.78, 5) is 19.9. The zero-order chi connectivity index (χ0) is 31.4. The summed E-state index contributed by atoms with van der Waals surface area (Å²) >= 11 is 1.65. The Morgan fingerprint density at radius 2 is 1.73 bits per heavy atom. The molecule has 230 valence electrons. The van der Waals surface area contributed by atoms with Crippen LogP contribution in [0.25, 0.3) is 10.8 Å². The average molecular weight is 617 g/mol. The van der Waals surface area contributed by atoms with Gasteiger partial charge in [-0.15, -0.1) is 11.3 Å². The van der Waals surface area contributed by atoms with Gasteiger partial charge in [-0.3, -0.25) is 4.79 Å². The number of hydrogen-bond acceptors (Lipinski definition) is 5. The molecule has 0 unspecified atom stereocenters. The van der Waals surface area contributed by atoms with Gasteiger partial charge in [0.2, 0.25) is 0 Å². The minimum absolute atomic E-state index is 0.104. The lowest BCUT2D eigenvalue weighted by Gasteiger charge is -2.33. The number of benzene rings is 4. The van der Waals surface area contributed by atoms with Crippen molar-refractivity contribution in [2.75, 3.05) is 11.9 Å². The molecule has 4 aromatic carbocycles. The zero-order valence-electron chi connectivity index (χ0n) is 26.4. The van der Waals surface area contributed by atoms with Crippen molar-refractivity contribution in [2.24, 2.45) is 16.3 Å². The quantitative estimate of drug-likeness (QED) is 0.168. The number of carbonyl (C=O) groups is 1. The van der Waals surface area contributed by atoms with Crippen molar-refractivity contribution < 1.29 is 14.3 Å². The van der Waals surface area contributed by atoms with Crippen LogP contribution in [0.3, 0.4) is 0 Å². The summed E-state index contributed by atoms with van der Waals surface area (Å²) in [6, 6.07) is 30.1. The Hall–Kier alpha value is -4.42. The number of anilines is 1. The van der Waals surface area contributed by atoms with Gasteiger partial charge in [-0.05, 0) is 95.3 Å². The third-order valence-corrected chi connectivity index (χ3v) is 9.75. The first kappa shape index (κ1) is 30.6. The minimum atomic E-state index is -0.104. The van der Waals surface area contributed by atoms with Crippen LogP contribution in [0.4, 0.5) is 10.7 Å². The highest BCUT2D eigenvalue weighted by molar-refractivity contribution is 7.16. The molecule has 0 aliphatic heterocycles. The molecule has 1 aliphatic carbocycles. The van der Waals surface area contributed by atoms with Gasteiger partial charge >= 0.3 is 0 Å². The van der Waals surface area contributed by atoms with Gasteiger partial charge in [0.25, 0.3) is 5.91 Å². The number of amides is 1. The van der Waals surface area contributed by atoms with Gasteiger partial charge in [-0.2, -0.15) is 0 Å². The predicted octanol–water partition coefficient (Wildman–Crippen LogP) is 10.0. The second kappa shape index (κ2) is 13.3. The summed E-state index contributed by atoms with van der Waals surface area (Å²) in [6.45, 7) is 9.85. The third-order valence-electron chi connectivity index (χ3n) is 8.59. The van der Waals surface area contributed by atoms with Crippen LogP contribution < -0.4 is 14.8 Å². The lowest BCUT2D eigenvalue weighted by molar-refractivity contribution is 0.102. The number of hydrogen-bond donors (Lipinski definition) is 1. The molecule has 5 aromatic rings. The summed E-state index contributed by atoms with van der Waals surface area (Å²) in [6.07, 6.45) is 4.76. The molecule has 6 rings (SSSR count). The molecule has 1 N–H and O–H groups in total. The van der Waals surface area contributed by atoms with E-state index in [1.165, 1.54) is 15.6 Å². The highest BCUT2D eigenvalue weighted by atomic mass is 32.1. The molecule has 0 fully saturated rings. The average Bonchev–Trinajstić information content (AvgIpc) is 3.41. The normalized spacial score (nSPS) is 14.8. The molecule has 0 bridgehead atoms. The Morgan fingerprint density at radius 1 is 0.956 bits per heavy atom. The van der Waals surface area contributed by atoms with E-state index in [1.54, 1.807) is 11.3 Å². The topological polar surface area (TPSA) is 59.9 Å². The van der Waals surface area contributed by atoms with Crippen molar-refractivity contribution in [1.82, 2.24) is 0 Å². The first-order valence-electron chi connectivity index (χ1n) is 15.7. The van der Waals surface area contributed by atoms with Crippen molar-refractivity contribution in [3.8, 4) is 11.5 Å². The fourth-order valence-corrected chi connectivity index (χ4v) is 7.32. The number of nitrogens with one attached hydrogen (secondary N) is 1. The van der Waals surface area contributed by atoms with Gasteiger partial charge in [-0.1, -0.05) is 81.4 Å². The van der Waals surface area contributed by atoms with Crippen molar-refractivity contribution in [1.29, 1.82) is 0 Å². The van der Waals surface area contributed by atoms with E-state index in [0.29, 0.717) is 36.2 Å². The Bertz CT molecular complexity index is 1830. The molecule has 0 saturated carbocycles. The molecular weight excluding hydrogens is 577 g/mol. The van der Waals surface area contributed by atoms with E-state index in [9.17, 15) is 4.79 Å². The Morgan fingerprint density at radius 3 is 2.53 bits per heavy atom. The van der Waals surface area contributed by atoms with Gasteiger partial charge in [-0.25, -0.2) is 4.99 Å². The van der Waals surface area contributed by atoms with Crippen molar-refractivity contribution >= 4 is 44.9 Å². The second-order valence-electron chi connectivity index (χ2n) is 12.6. The highest BCUT2D eigenvalue weighted by Crippen LogP contribution is 2.45. The van der Waals surface area contributed by atoms with E-state index in [0.717, 1.165) is 46.6 Å². The van der Waals surface area contributed by atoms with E-state index in [4.69, 9.17) is 14.5 Å². The van der Waals surface area contributed by atoms with E-state index in [-0.39, 0.29) is 11.3 Å². The second-order valence-corrected chi connectivity index (χ2v) is 13.7. The number of carbonyl (C=O) groups excluding carboxylic acids is 1. The van der Waals surface area contributed by atoms with E-state index in [2.05, 4.69) is 62.5 Å². The Kier molecular flexibility index (Phi) is 9.04. The van der Waals surface area contributed by atoms with Crippen LogP contribution >= 0.6 is 11.3 Å². The predicted molar refractivity (Wildman–Crippen MR) is 187 cm³/mol. The van der Waals surface area contributed by atoms with Crippen molar-refractivity contribution in [2.45, 2.75) is 53.6 Å². The molecule has 1 amide bonds. The maximum absolute atomic E-state index is 13.7. The van der Waals surface area contributed by atoms with Crippen LogP contribution in [0.2, 0.25) is 0 Å². The van der Waals surface area contributed by atoms with Crippen molar-refractivity contribution in [3.05, 3.63) is 118 Å². The number of aliphatic imine (C=N–C) groups is 1. The minimum Gasteiger partial charge on any atom is -0.490 e. The molecular formula is C39H40N2O3S. The summed E-state index contributed by atoms with van der Waals surface area (Å²) in [5.41, 5.74) is 4.84. The molecule has 5 nitrogen and oxygen atoms in total. The summed E-state index contributed by atoms with van der Waals surface area (Å²) in [5.74, 6) is 1.82. The maximum Gasteiger partial charge on any atom is 0.259 e. The highest BCUT2D eigenvalue weighted by Gasteiger charge is 2.33. The van der Waals surface area contributed by atoms with Crippen LogP contribution in [-0.4, -0.2) is 18.7 Å². The molecule has 0 saturated heterocycles. The summed E-state index contributed by atoms with van der Waals surface area (Å²) in [5, 5.41) is 6.22. The van der Waals surface area contributed by atoms with Crippen LogP contribution in [0, 0.1) is 11.3 Å². The molecule has 1 aromatic heterocycles. The zero-order valence-corrected chi connectivity index (χ0v) is 27.2. The largest absolute Gasteiger partial charge is 0.490 e. The third kappa shape index (κ3) is 6.97. The molecule has 1 aliphatic rings. The monoisotopic (exact) mass is 616 g/mol. The van der Waals surface area contributed by atoms with E-state index in [1.807, 2.05) is 67.7 Å². The van der Waals surface area contributed by atoms with Gasteiger partial charge in [0.15, 0.2) is 11.5 Å². The number of para-hydroxylation sites is 1. The van der Waals surface area contributed by atoms with Crippen LogP contribution in [0.5, 0.6) is 11.5 Å². The number of ether oxygens (including phenoxy) is 2. The molecule has 0 spiro atoms. The Balaban J connectivity index is 1.27. The fraction of sp³-hybridized carbons (Fsp3) is 0.282. The van der Waals surface area contributed by atoms with E-state index >= 15 is 0 Å². The molecule has 45 heavy (non-hydrogen) atoms. The molecule has 6 heteroatoms. The smallest absolute Gasteiger partial charge is 0.259 e. The van der Waals surface area contributed by atoms with Gasteiger partial charge in [0, 0.05) is 16.8 Å². The van der Waals surface area contributed by atoms with Crippen LogP contribution in [0.1, 0.15) is 66.0 Å². The lowest BCUT2D eigenvalue weighted by atomic mass is 9.72. The SMILES string of the molecule is CCOc1cc(C=Nc2sc3c(c2C(=O)Nc2ccccc2)CC[C@@H](C(C)(C)C)C3)ccc1OCc1cccc2ccccc12. The standard InChI is InChI=1S/C39H40N2O3S/c1-5-43-34-22-26(18-21-33(34)44-25-28-14-11-13-27-12-9-10-17-31(27)28)24-40-38-36(37(42)41-30-15-7-6-8-16-30)32-20-19-29(39(2,3)4)23-35(32)45-38/h6-18,21-22,24,29H,5,19-20,23,25H2,1-4H3,(H,41,42)/t29-/m1/s1. The van der Waals surface area contributed by atoms with Gasteiger partial charge in [0.05, 0.1) is 12.2 Å². The molecule has 1 heterocycles.